The van der Waals surface area contributed by atoms with Crippen molar-refractivity contribution in [3.63, 3.8) is 0 Å². The van der Waals surface area contributed by atoms with Gasteiger partial charge in [-0.3, -0.25) is 4.90 Å². The lowest BCUT2D eigenvalue weighted by atomic mass is 9.98. The highest BCUT2D eigenvalue weighted by Crippen LogP contribution is 2.38. The number of aryl methyl sites for hydroxylation is 1. The van der Waals surface area contributed by atoms with Gasteiger partial charge in [0.05, 0.1) is 6.26 Å². The summed E-state index contributed by atoms with van der Waals surface area (Å²) < 4.78 is 5.75. The van der Waals surface area contributed by atoms with Crippen LogP contribution in [0.1, 0.15) is 23.6 Å². The molecule has 2 atom stereocenters. The monoisotopic (exact) mass is 244 g/mol. The Morgan fingerprint density at radius 3 is 3.00 bits per heavy atom. The van der Waals surface area contributed by atoms with Crippen LogP contribution in [0, 0.1) is 12.8 Å². The summed E-state index contributed by atoms with van der Waals surface area (Å²) in [4.78, 5) is 2.39. The van der Waals surface area contributed by atoms with Crippen LogP contribution in [0.25, 0.3) is 11.0 Å². The molecule has 1 aromatic carbocycles. The summed E-state index contributed by atoms with van der Waals surface area (Å²) in [7, 11) is 2.18. The standard InChI is InChI=1S/C15H20N2O/c1-10-9-18-15-12(10)4-3-5-13(15)14-6-11(7-16)8-17(14)2/h3-5,9,11,14H,6-8,16H2,1-2H3. The molecule has 0 radical (unpaired) electrons. The number of para-hydroxylation sites is 1. The third-order valence-corrected chi connectivity index (χ3v) is 4.15. The molecule has 0 saturated carbocycles. The lowest BCUT2D eigenvalue weighted by Crippen LogP contribution is -2.20. The van der Waals surface area contributed by atoms with Crippen LogP contribution < -0.4 is 5.73 Å². The first-order valence-electron chi connectivity index (χ1n) is 6.57. The number of benzene rings is 1. The molecule has 18 heavy (non-hydrogen) atoms. The van der Waals surface area contributed by atoms with E-state index >= 15 is 0 Å². The van der Waals surface area contributed by atoms with Crippen LogP contribution in [0.5, 0.6) is 0 Å². The van der Waals surface area contributed by atoms with Gasteiger partial charge in [0, 0.05) is 23.5 Å². The fraction of sp³-hybridized carbons (Fsp3) is 0.467. The van der Waals surface area contributed by atoms with Crippen molar-refractivity contribution in [3.8, 4) is 0 Å². The maximum Gasteiger partial charge on any atom is 0.138 e. The fourth-order valence-electron chi connectivity index (χ4n) is 3.11. The van der Waals surface area contributed by atoms with E-state index in [1.807, 2.05) is 6.26 Å². The summed E-state index contributed by atoms with van der Waals surface area (Å²) in [5, 5.41) is 1.23. The van der Waals surface area contributed by atoms with Gasteiger partial charge < -0.3 is 10.2 Å². The quantitative estimate of drug-likeness (QED) is 0.883. The molecular formula is C15H20N2O. The SMILES string of the molecule is Cc1coc2c(C3CC(CN)CN3C)cccc12. The van der Waals surface area contributed by atoms with Crippen LogP contribution >= 0.6 is 0 Å². The summed E-state index contributed by atoms with van der Waals surface area (Å²) in [6, 6.07) is 6.88. The Balaban J connectivity index is 2.04. The second kappa shape index (κ2) is 4.41. The zero-order valence-electron chi connectivity index (χ0n) is 11.0. The molecule has 3 nitrogen and oxygen atoms in total. The zero-order valence-corrected chi connectivity index (χ0v) is 11.0. The molecule has 3 heteroatoms. The molecule has 0 bridgehead atoms. The predicted molar refractivity (Wildman–Crippen MR) is 73.5 cm³/mol. The van der Waals surface area contributed by atoms with Gasteiger partial charge in [0.1, 0.15) is 5.58 Å². The minimum absolute atomic E-state index is 0.438. The number of nitrogens with two attached hydrogens (primary N) is 1. The van der Waals surface area contributed by atoms with Crippen LogP contribution in [0.4, 0.5) is 0 Å². The van der Waals surface area contributed by atoms with E-state index in [0.717, 1.165) is 25.1 Å². The molecule has 2 aromatic rings. The number of fused-ring (bicyclic) bond motifs is 1. The van der Waals surface area contributed by atoms with Crippen molar-refractivity contribution in [2.24, 2.45) is 11.7 Å². The highest BCUT2D eigenvalue weighted by Gasteiger charge is 2.31. The van der Waals surface area contributed by atoms with Crippen LogP contribution in [-0.2, 0) is 0 Å². The Kier molecular flexibility index (Phi) is 2.88. The van der Waals surface area contributed by atoms with Gasteiger partial charge in [0.25, 0.3) is 0 Å². The van der Waals surface area contributed by atoms with E-state index in [-0.39, 0.29) is 0 Å². The van der Waals surface area contributed by atoms with Crippen molar-refractivity contribution in [1.82, 2.24) is 4.90 Å². The lowest BCUT2D eigenvalue weighted by molar-refractivity contribution is 0.313. The average molecular weight is 244 g/mol. The summed E-state index contributed by atoms with van der Waals surface area (Å²) >= 11 is 0. The second-order valence-electron chi connectivity index (χ2n) is 5.44. The topological polar surface area (TPSA) is 42.4 Å². The normalized spacial score (nSPS) is 25.1. The molecule has 1 aliphatic rings. The molecule has 1 saturated heterocycles. The molecule has 1 aromatic heterocycles. The van der Waals surface area contributed by atoms with Gasteiger partial charge in [-0.05, 0) is 38.4 Å². The first kappa shape index (κ1) is 11.8. The van der Waals surface area contributed by atoms with E-state index in [4.69, 9.17) is 10.2 Å². The number of furan rings is 1. The molecule has 2 unspecified atom stereocenters. The van der Waals surface area contributed by atoms with Crippen LogP contribution in [0.2, 0.25) is 0 Å². The van der Waals surface area contributed by atoms with Gasteiger partial charge in [-0.25, -0.2) is 0 Å². The minimum Gasteiger partial charge on any atom is -0.464 e. The van der Waals surface area contributed by atoms with Crippen molar-refractivity contribution in [1.29, 1.82) is 0 Å². The van der Waals surface area contributed by atoms with E-state index in [1.54, 1.807) is 0 Å². The fourth-order valence-corrected chi connectivity index (χ4v) is 3.11. The van der Waals surface area contributed by atoms with Gasteiger partial charge in [-0.15, -0.1) is 0 Å². The highest BCUT2D eigenvalue weighted by atomic mass is 16.3. The Bertz CT molecular complexity index is 561. The third-order valence-electron chi connectivity index (χ3n) is 4.15. The lowest BCUT2D eigenvalue weighted by Gasteiger charge is -2.19. The number of likely N-dealkylation sites (tertiary alicyclic amines) is 1. The van der Waals surface area contributed by atoms with Crippen LogP contribution in [0.15, 0.2) is 28.9 Å². The molecule has 96 valence electrons. The molecule has 2 heterocycles. The summed E-state index contributed by atoms with van der Waals surface area (Å²) in [5.41, 5.74) is 9.36. The van der Waals surface area contributed by atoms with Crippen molar-refractivity contribution < 1.29 is 4.42 Å². The van der Waals surface area contributed by atoms with Gasteiger partial charge in [-0.1, -0.05) is 18.2 Å². The molecule has 3 rings (SSSR count). The van der Waals surface area contributed by atoms with E-state index in [0.29, 0.717) is 12.0 Å². The van der Waals surface area contributed by atoms with E-state index < -0.39 is 0 Å². The largest absolute Gasteiger partial charge is 0.464 e. The molecule has 2 N–H and O–H groups in total. The number of rotatable bonds is 2. The van der Waals surface area contributed by atoms with Gasteiger partial charge in [0.15, 0.2) is 0 Å². The minimum atomic E-state index is 0.438. The van der Waals surface area contributed by atoms with Crippen molar-refractivity contribution in [2.45, 2.75) is 19.4 Å². The Morgan fingerprint density at radius 1 is 1.44 bits per heavy atom. The van der Waals surface area contributed by atoms with Crippen molar-refractivity contribution in [2.75, 3.05) is 20.1 Å². The van der Waals surface area contributed by atoms with Crippen molar-refractivity contribution in [3.05, 3.63) is 35.6 Å². The summed E-state index contributed by atoms with van der Waals surface area (Å²) in [6.45, 7) is 3.95. The Labute approximate surface area is 108 Å². The molecule has 0 aliphatic carbocycles. The molecule has 1 aliphatic heterocycles. The van der Waals surface area contributed by atoms with Crippen molar-refractivity contribution >= 4 is 11.0 Å². The van der Waals surface area contributed by atoms with Crippen LogP contribution in [-0.4, -0.2) is 25.0 Å². The van der Waals surface area contributed by atoms with E-state index in [1.165, 1.54) is 16.5 Å². The maximum atomic E-state index is 5.80. The summed E-state index contributed by atoms with van der Waals surface area (Å²) in [6.07, 6.45) is 2.98. The average Bonchev–Trinajstić information content (AvgIpc) is 2.93. The predicted octanol–water partition coefficient (Wildman–Crippen LogP) is 2.69. The number of hydrogen-bond donors (Lipinski definition) is 1. The third kappa shape index (κ3) is 1.74. The second-order valence-corrected chi connectivity index (χ2v) is 5.44. The van der Waals surface area contributed by atoms with Gasteiger partial charge in [0.2, 0.25) is 0 Å². The number of nitrogens with zero attached hydrogens (tertiary/aromatic N) is 1. The first-order chi connectivity index (χ1) is 8.70. The summed E-state index contributed by atoms with van der Waals surface area (Å²) in [5.74, 6) is 0.603. The van der Waals surface area contributed by atoms with E-state index in [9.17, 15) is 0 Å². The Morgan fingerprint density at radius 2 is 2.28 bits per heavy atom. The van der Waals surface area contributed by atoms with Gasteiger partial charge in [-0.2, -0.15) is 0 Å². The molecular weight excluding hydrogens is 224 g/mol. The zero-order chi connectivity index (χ0) is 12.7. The molecule has 0 amide bonds. The smallest absolute Gasteiger partial charge is 0.138 e. The Hall–Kier alpha value is -1.32. The molecule has 1 fully saturated rings. The number of hydrogen-bond acceptors (Lipinski definition) is 3. The van der Waals surface area contributed by atoms with Crippen LogP contribution in [0.3, 0.4) is 0 Å². The first-order valence-corrected chi connectivity index (χ1v) is 6.57. The van der Waals surface area contributed by atoms with Gasteiger partial charge >= 0.3 is 0 Å². The molecule has 0 spiro atoms. The maximum absolute atomic E-state index is 5.80. The highest BCUT2D eigenvalue weighted by molar-refractivity contribution is 5.84. The van der Waals surface area contributed by atoms with E-state index in [2.05, 4.69) is 37.1 Å².